The highest BCUT2D eigenvalue weighted by molar-refractivity contribution is 6.48. The summed E-state index contributed by atoms with van der Waals surface area (Å²) >= 11 is 11.7. The van der Waals surface area contributed by atoms with Crippen LogP contribution in [0.25, 0.3) is 0 Å². The first-order valence-electron chi connectivity index (χ1n) is 3.96. The van der Waals surface area contributed by atoms with Crippen LogP contribution in [0.15, 0.2) is 28.2 Å². The lowest BCUT2D eigenvalue weighted by atomic mass is 10.2. The molecular weight excluding hydrogens is 207 g/mol. The van der Waals surface area contributed by atoms with Crippen LogP contribution >= 0.6 is 23.2 Å². The van der Waals surface area contributed by atoms with Crippen LogP contribution in [0.2, 0.25) is 0 Å². The maximum Gasteiger partial charge on any atom is 0.227 e. The molecule has 0 saturated heterocycles. The van der Waals surface area contributed by atoms with Crippen molar-refractivity contribution in [1.82, 2.24) is 0 Å². The van der Waals surface area contributed by atoms with Crippen molar-refractivity contribution in [3.63, 3.8) is 0 Å². The van der Waals surface area contributed by atoms with Gasteiger partial charge in [0.25, 0.3) is 0 Å². The Hall–Kier alpha value is -0.600. The van der Waals surface area contributed by atoms with E-state index in [1.807, 2.05) is 25.1 Å². The molecule has 0 aromatic heterocycles. The van der Waals surface area contributed by atoms with E-state index in [0.717, 1.165) is 16.3 Å². The van der Waals surface area contributed by atoms with Gasteiger partial charge in [-0.05, 0) is 24.6 Å². The van der Waals surface area contributed by atoms with Gasteiger partial charge in [-0.1, -0.05) is 29.3 Å². The van der Waals surface area contributed by atoms with Gasteiger partial charge in [0, 0.05) is 0 Å². The molecule has 68 valence electrons. The van der Waals surface area contributed by atoms with E-state index in [1.54, 1.807) is 0 Å². The molecule has 1 heterocycles. The molecule has 0 radical (unpaired) electrons. The number of fused-ring (bicyclic) bond motifs is 1. The Morgan fingerprint density at radius 2 is 2.08 bits per heavy atom. The average Bonchev–Trinajstić information content (AvgIpc) is 2.01. The van der Waals surface area contributed by atoms with Crippen LogP contribution in [-0.2, 0) is 0 Å². The van der Waals surface area contributed by atoms with Crippen LogP contribution in [0.1, 0.15) is 5.56 Å². The Labute approximate surface area is 85.9 Å². The van der Waals surface area contributed by atoms with Crippen LogP contribution < -0.4 is 10.7 Å². The van der Waals surface area contributed by atoms with Crippen molar-refractivity contribution in [2.75, 3.05) is 6.54 Å². The van der Waals surface area contributed by atoms with Crippen molar-refractivity contribution < 1.29 is 0 Å². The van der Waals surface area contributed by atoms with Gasteiger partial charge in [-0.25, -0.2) is 4.99 Å². The first-order chi connectivity index (χ1) is 6.07. The number of rotatable bonds is 0. The molecule has 0 saturated carbocycles. The molecule has 1 aliphatic rings. The zero-order valence-electron chi connectivity index (χ0n) is 7.09. The smallest absolute Gasteiger partial charge is 0.227 e. The first-order valence-corrected chi connectivity index (χ1v) is 4.71. The van der Waals surface area contributed by atoms with E-state index in [4.69, 9.17) is 23.2 Å². The molecule has 1 aromatic carbocycles. The highest BCUT2D eigenvalue weighted by Crippen LogP contribution is 2.22. The van der Waals surface area contributed by atoms with E-state index in [2.05, 4.69) is 9.98 Å². The molecule has 0 N–H and O–H groups in total. The molecular formula is C9H8Cl2N2. The van der Waals surface area contributed by atoms with Crippen molar-refractivity contribution in [3.05, 3.63) is 34.5 Å². The minimum absolute atomic E-state index is 0.326. The maximum absolute atomic E-state index is 5.86. The van der Waals surface area contributed by atoms with Crippen molar-refractivity contribution in [1.29, 1.82) is 0 Å². The molecule has 2 nitrogen and oxygen atoms in total. The van der Waals surface area contributed by atoms with E-state index >= 15 is 0 Å². The topological polar surface area (TPSA) is 24.7 Å². The van der Waals surface area contributed by atoms with Crippen LogP contribution in [0.4, 0.5) is 0 Å². The summed E-state index contributed by atoms with van der Waals surface area (Å²) in [6.45, 7) is 2.32. The Morgan fingerprint density at radius 3 is 2.85 bits per heavy atom. The van der Waals surface area contributed by atoms with Gasteiger partial charge in [0.1, 0.15) is 0 Å². The summed E-state index contributed by atoms with van der Waals surface area (Å²) in [5.41, 5.74) is 1.13. The van der Waals surface area contributed by atoms with Crippen LogP contribution in [-0.4, -0.2) is 11.0 Å². The van der Waals surface area contributed by atoms with Gasteiger partial charge >= 0.3 is 0 Å². The maximum atomic E-state index is 5.86. The molecule has 2 rings (SSSR count). The summed E-state index contributed by atoms with van der Waals surface area (Å²) in [6, 6.07) is 5.85. The molecule has 4 heteroatoms. The molecule has 0 bridgehead atoms. The molecule has 0 amide bonds. The van der Waals surface area contributed by atoms with Crippen molar-refractivity contribution in [3.8, 4) is 0 Å². The van der Waals surface area contributed by atoms with Crippen LogP contribution in [0, 0.1) is 6.92 Å². The van der Waals surface area contributed by atoms with E-state index in [-0.39, 0.29) is 0 Å². The summed E-state index contributed by atoms with van der Waals surface area (Å²) in [5, 5.41) is 1.64. The molecule has 0 atom stereocenters. The Balaban J connectivity index is 2.72. The molecule has 0 spiro atoms. The summed E-state index contributed by atoms with van der Waals surface area (Å²) in [4.78, 5) is 8.40. The lowest BCUT2D eigenvalue weighted by Gasteiger charge is -2.14. The monoisotopic (exact) mass is 214 g/mol. The second kappa shape index (κ2) is 2.96. The summed E-state index contributed by atoms with van der Waals surface area (Å²) in [6.07, 6.45) is 0. The number of alkyl halides is 2. The van der Waals surface area contributed by atoms with Gasteiger partial charge in [-0.2, -0.15) is 0 Å². The van der Waals surface area contributed by atoms with E-state index in [1.165, 1.54) is 0 Å². The summed E-state index contributed by atoms with van der Waals surface area (Å²) in [7, 11) is 0. The van der Waals surface area contributed by atoms with Gasteiger partial charge in [0.05, 0.1) is 17.3 Å². The third-order valence-corrected chi connectivity index (χ3v) is 2.26. The van der Waals surface area contributed by atoms with Crippen molar-refractivity contribution >= 4 is 23.2 Å². The minimum atomic E-state index is -1.08. The number of benzene rings is 1. The van der Waals surface area contributed by atoms with Gasteiger partial charge in [0.15, 0.2) is 0 Å². The second-order valence-corrected chi connectivity index (χ2v) is 4.53. The molecule has 1 aromatic rings. The number of hydrogen-bond donors (Lipinski definition) is 0. The zero-order chi connectivity index (χ0) is 9.47. The van der Waals surface area contributed by atoms with Gasteiger partial charge in [-0.3, -0.25) is 4.99 Å². The first kappa shape index (κ1) is 8.97. The highest BCUT2D eigenvalue weighted by Gasteiger charge is 2.23. The van der Waals surface area contributed by atoms with Crippen LogP contribution in [0.5, 0.6) is 0 Å². The highest BCUT2D eigenvalue weighted by atomic mass is 35.5. The number of aryl methyl sites for hydroxylation is 1. The van der Waals surface area contributed by atoms with E-state index in [9.17, 15) is 0 Å². The van der Waals surface area contributed by atoms with Gasteiger partial charge in [-0.15, -0.1) is 0 Å². The van der Waals surface area contributed by atoms with Crippen molar-refractivity contribution in [2.45, 2.75) is 11.4 Å². The predicted octanol–water partition coefficient (Wildman–Crippen LogP) is 1.38. The van der Waals surface area contributed by atoms with Crippen molar-refractivity contribution in [2.24, 2.45) is 9.98 Å². The fourth-order valence-electron chi connectivity index (χ4n) is 1.25. The van der Waals surface area contributed by atoms with Gasteiger partial charge < -0.3 is 0 Å². The lowest BCUT2D eigenvalue weighted by Crippen LogP contribution is -2.36. The number of halogens is 2. The van der Waals surface area contributed by atoms with E-state index < -0.39 is 4.46 Å². The Bertz CT molecular complexity index is 451. The SMILES string of the molecule is Cc1ccc2c(c1)=NC(Cl)(Cl)CN=2. The standard InChI is InChI=1S/C9H8Cl2N2/c1-6-2-3-7-8(4-6)13-9(10,11)5-12-7/h2-4H,5H2,1H3. The third kappa shape index (κ3) is 1.84. The Morgan fingerprint density at radius 1 is 1.31 bits per heavy atom. The quantitative estimate of drug-likeness (QED) is 0.461. The number of hydrogen-bond acceptors (Lipinski definition) is 2. The summed E-state index contributed by atoms with van der Waals surface area (Å²) < 4.78 is -1.08. The predicted molar refractivity (Wildman–Crippen MR) is 52.8 cm³/mol. The zero-order valence-corrected chi connectivity index (χ0v) is 8.60. The molecule has 0 aliphatic carbocycles. The fourth-order valence-corrected chi connectivity index (χ4v) is 1.55. The minimum Gasteiger partial charge on any atom is -0.278 e. The third-order valence-electron chi connectivity index (χ3n) is 1.85. The normalized spacial score (nSPS) is 18.4. The molecule has 0 unspecified atom stereocenters. The molecule has 1 aliphatic heterocycles. The average molecular weight is 215 g/mol. The second-order valence-electron chi connectivity index (χ2n) is 3.09. The molecule has 13 heavy (non-hydrogen) atoms. The van der Waals surface area contributed by atoms with Gasteiger partial charge in [0.2, 0.25) is 4.46 Å². The lowest BCUT2D eigenvalue weighted by molar-refractivity contribution is 0.749. The number of nitrogens with zero attached hydrogens (tertiary/aromatic N) is 2. The fraction of sp³-hybridized carbons (Fsp3) is 0.333. The summed E-state index contributed by atoms with van der Waals surface area (Å²) in [5.74, 6) is 0. The van der Waals surface area contributed by atoms with E-state index in [0.29, 0.717) is 6.54 Å². The van der Waals surface area contributed by atoms with Crippen LogP contribution in [0.3, 0.4) is 0 Å². The Kier molecular flexibility index (Phi) is 2.05. The molecule has 0 fully saturated rings. The largest absolute Gasteiger partial charge is 0.278 e.